The minimum atomic E-state index is -2.49. The van der Waals surface area contributed by atoms with Gasteiger partial charge in [-0.3, -0.25) is 9.69 Å². The molecule has 1 unspecified atom stereocenters. The molecule has 4 aliphatic rings. The van der Waals surface area contributed by atoms with Crippen LogP contribution in [0.15, 0.2) is 24.0 Å². The molecule has 1 saturated heterocycles. The van der Waals surface area contributed by atoms with Crippen molar-refractivity contribution >= 4 is 11.9 Å². The number of hydrogen-bond acceptors (Lipinski definition) is 10. The zero-order valence-electron chi connectivity index (χ0n) is 22.4. The van der Waals surface area contributed by atoms with Crippen LogP contribution in [0.4, 0.5) is 0 Å². The van der Waals surface area contributed by atoms with E-state index in [9.17, 15) is 24.9 Å². The summed E-state index contributed by atoms with van der Waals surface area (Å²) in [5, 5.41) is 32.7. The number of benzene rings is 1. The molecule has 208 valence electrons. The van der Waals surface area contributed by atoms with E-state index in [1.54, 1.807) is 0 Å². The fraction of sp³-hybridized carbons (Fsp3) is 0.643. The lowest BCUT2D eigenvalue weighted by atomic mass is 9.65. The molecule has 38 heavy (non-hydrogen) atoms. The van der Waals surface area contributed by atoms with Gasteiger partial charge in [-0.05, 0) is 88.8 Å². The fourth-order valence-corrected chi connectivity index (χ4v) is 6.77. The van der Waals surface area contributed by atoms with Crippen molar-refractivity contribution in [1.82, 2.24) is 4.90 Å². The summed E-state index contributed by atoms with van der Waals surface area (Å²) in [7, 11) is 1.53. The van der Waals surface area contributed by atoms with E-state index < -0.39 is 46.6 Å². The molecule has 3 heterocycles. The molecule has 4 atom stereocenters. The second-order valence-corrected chi connectivity index (χ2v) is 11.8. The molecule has 1 fully saturated rings. The van der Waals surface area contributed by atoms with Gasteiger partial charge >= 0.3 is 5.97 Å². The number of carbonyl (C=O) groups excluding carboxylic acids is 2. The maximum atomic E-state index is 13.3. The predicted molar refractivity (Wildman–Crippen MR) is 132 cm³/mol. The molecular formula is C28H36NO9-. The van der Waals surface area contributed by atoms with Gasteiger partial charge in [-0.1, -0.05) is 0 Å². The number of carboxylic acids is 1. The first kappa shape index (κ1) is 26.8. The van der Waals surface area contributed by atoms with Crippen molar-refractivity contribution in [3.05, 3.63) is 35.1 Å². The largest absolute Gasteiger partial charge is 0.547 e. The summed E-state index contributed by atoms with van der Waals surface area (Å²) >= 11 is 0. The van der Waals surface area contributed by atoms with Crippen LogP contribution < -0.4 is 14.6 Å². The first-order chi connectivity index (χ1) is 17.8. The number of fused-ring (bicyclic) bond motifs is 3. The molecule has 1 aromatic rings. The summed E-state index contributed by atoms with van der Waals surface area (Å²) < 4.78 is 23.2. The van der Waals surface area contributed by atoms with E-state index in [4.69, 9.17) is 18.9 Å². The van der Waals surface area contributed by atoms with E-state index in [0.717, 1.165) is 43.5 Å². The lowest BCUT2D eigenvalue weighted by Gasteiger charge is -2.47. The number of hydrogen-bond donors (Lipinski definition) is 2. The van der Waals surface area contributed by atoms with Crippen LogP contribution in [0.3, 0.4) is 0 Å². The van der Waals surface area contributed by atoms with Crippen LogP contribution in [0, 0.1) is 0 Å². The topological polar surface area (TPSA) is 138 Å². The molecule has 10 nitrogen and oxygen atoms in total. The van der Waals surface area contributed by atoms with Crippen molar-refractivity contribution < 1.29 is 43.9 Å². The van der Waals surface area contributed by atoms with Gasteiger partial charge in [0.1, 0.15) is 11.4 Å². The van der Waals surface area contributed by atoms with Gasteiger partial charge in [0.05, 0.1) is 36.1 Å². The standard InChI is InChI=1S/C28H37NO9/c1-25(2,33)8-9-27(34,24(31)32)15-22(30)38-23-21(35-4)14-28-7-5-10-29(28)11-6-17-12-19-20(37-16-36-19)13-18(17)26(23,28)3/h12-14,23,33-34H,5-11,15-16H2,1-4H3,(H,31,32)/p-1/t23-,26-,27?,28+/m1/s1. The molecular weight excluding hydrogens is 494 g/mol. The minimum absolute atomic E-state index is 0.0479. The molecule has 0 radical (unpaired) electrons. The molecule has 1 spiro atoms. The molecule has 1 aromatic carbocycles. The Balaban J connectivity index is 1.52. The van der Waals surface area contributed by atoms with Gasteiger partial charge in [-0.15, -0.1) is 0 Å². The fourth-order valence-electron chi connectivity index (χ4n) is 6.77. The number of aliphatic hydroxyl groups is 2. The Morgan fingerprint density at radius 1 is 1.18 bits per heavy atom. The van der Waals surface area contributed by atoms with Gasteiger partial charge in [0.2, 0.25) is 6.79 Å². The van der Waals surface area contributed by atoms with Crippen LogP contribution in [-0.4, -0.2) is 76.9 Å². The maximum Gasteiger partial charge on any atom is 0.309 e. The number of methoxy groups -OCH3 is 1. The monoisotopic (exact) mass is 530 g/mol. The number of ether oxygens (including phenoxy) is 4. The lowest BCUT2D eigenvalue weighted by molar-refractivity contribution is -0.326. The van der Waals surface area contributed by atoms with Gasteiger partial charge in [0.15, 0.2) is 17.6 Å². The summed E-state index contributed by atoms with van der Waals surface area (Å²) in [5.74, 6) is -0.896. The van der Waals surface area contributed by atoms with E-state index >= 15 is 0 Å². The molecule has 2 N–H and O–H groups in total. The average Bonchev–Trinajstić information content (AvgIpc) is 3.52. The van der Waals surface area contributed by atoms with Crippen molar-refractivity contribution in [2.45, 2.75) is 87.6 Å². The highest BCUT2D eigenvalue weighted by Gasteiger charge is 2.66. The van der Waals surface area contributed by atoms with E-state index in [0.29, 0.717) is 17.3 Å². The molecule has 0 amide bonds. The average molecular weight is 531 g/mol. The first-order valence-electron chi connectivity index (χ1n) is 13.1. The number of esters is 1. The molecule has 10 heteroatoms. The zero-order chi connectivity index (χ0) is 27.5. The molecule has 0 saturated carbocycles. The number of carbonyl (C=O) groups is 2. The number of nitrogens with zero attached hydrogens (tertiary/aromatic N) is 1. The SMILES string of the molecule is COC1=C[C@]23CCCN2CCc2cc4c(cc2[C@]3(C)[C@@H]1OC(=O)CC(O)(CCC(C)(C)O)C(=O)[O-])OCO4. The summed E-state index contributed by atoms with van der Waals surface area (Å²) in [4.78, 5) is 27.6. The predicted octanol–water partition coefficient (Wildman–Crippen LogP) is 0.942. The lowest BCUT2D eigenvalue weighted by Crippen LogP contribution is -2.59. The van der Waals surface area contributed by atoms with Crippen molar-refractivity contribution in [1.29, 1.82) is 0 Å². The van der Waals surface area contributed by atoms with E-state index in [1.165, 1.54) is 21.0 Å². The normalized spacial score (nSPS) is 29.4. The van der Waals surface area contributed by atoms with E-state index in [1.807, 2.05) is 12.1 Å². The smallest absolute Gasteiger partial charge is 0.309 e. The summed E-state index contributed by atoms with van der Waals surface area (Å²) in [5.41, 5.74) is -2.97. The Morgan fingerprint density at radius 2 is 1.89 bits per heavy atom. The molecule has 5 rings (SSSR count). The third-order valence-electron chi connectivity index (χ3n) is 8.87. The van der Waals surface area contributed by atoms with Gasteiger partial charge in [-0.2, -0.15) is 0 Å². The Kier molecular flexibility index (Phi) is 6.44. The first-order valence-corrected chi connectivity index (χ1v) is 13.1. The van der Waals surface area contributed by atoms with Gasteiger partial charge in [0.25, 0.3) is 0 Å². The van der Waals surface area contributed by atoms with Gasteiger partial charge in [0, 0.05) is 6.54 Å². The third kappa shape index (κ3) is 4.13. The maximum absolute atomic E-state index is 13.3. The van der Waals surface area contributed by atoms with E-state index in [-0.39, 0.29) is 19.6 Å². The van der Waals surface area contributed by atoms with Crippen LogP contribution in [0.25, 0.3) is 0 Å². The van der Waals surface area contributed by atoms with Gasteiger partial charge in [-0.25, -0.2) is 0 Å². The molecule has 3 aliphatic heterocycles. The third-order valence-corrected chi connectivity index (χ3v) is 8.87. The second kappa shape index (κ2) is 9.14. The molecule has 1 aliphatic carbocycles. The zero-order valence-corrected chi connectivity index (χ0v) is 22.4. The highest BCUT2D eigenvalue weighted by molar-refractivity contribution is 5.83. The van der Waals surface area contributed by atoms with Crippen molar-refractivity contribution in [2.75, 3.05) is 27.0 Å². The van der Waals surface area contributed by atoms with Gasteiger partial charge < -0.3 is 39.1 Å². The van der Waals surface area contributed by atoms with Crippen LogP contribution in [0.1, 0.15) is 64.0 Å². The minimum Gasteiger partial charge on any atom is -0.547 e. The van der Waals surface area contributed by atoms with Crippen LogP contribution in [0.5, 0.6) is 11.5 Å². The molecule has 0 aromatic heterocycles. The number of aliphatic carboxylic acids is 1. The van der Waals surface area contributed by atoms with Crippen LogP contribution in [-0.2, 0) is 30.9 Å². The summed E-state index contributed by atoms with van der Waals surface area (Å²) in [6, 6.07) is 3.96. The number of rotatable bonds is 8. The second-order valence-electron chi connectivity index (χ2n) is 11.8. The Labute approximate surface area is 222 Å². The quantitative estimate of drug-likeness (QED) is 0.467. The van der Waals surface area contributed by atoms with Crippen molar-refractivity contribution in [3.8, 4) is 11.5 Å². The van der Waals surface area contributed by atoms with Crippen LogP contribution in [0.2, 0.25) is 0 Å². The van der Waals surface area contributed by atoms with E-state index in [2.05, 4.69) is 17.9 Å². The van der Waals surface area contributed by atoms with Crippen molar-refractivity contribution in [3.63, 3.8) is 0 Å². The Hall–Kier alpha value is -2.82. The van der Waals surface area contributed by atoms with Crippen molar-refractivity contribution in [2.24, 2.45) is 0 Å². The highest BCUT2D eigenvalue weighted by Crippen LogP contribution is 2.59. The summed E-state index contributed by atoms with van der Waals surface area (Å²) in [6.07, 6.45) is 2.51. The molecule has 0 bridgehead atoms. The highest BCUT2D eigenvalue weighted by atomic mass is 16.7. The van der Waals surface area contributed by atoms with Crippen LogP contribution >= 0.6 is 0 Å². The Morgan fingerprint density at radius 3 is 2.55 bits per heavy atom. The number of carboxylic acid groups (broad SMARTS) is 1. The summed E-state index contributed by atoms with van der Waals surface area (Å²) in [6.45, 7) is 6.87. The Bertz CT molecular complexity index is 1170.